The minimum atomic E-state index is -4.24. The first-order valence-corrected chi connectivity index (χ1v) is 17.5. The van der Waals surface area contributed by atoms with Crippen LogP contribution in [-0.4, -0.2) is 61.6 Å². The van der Waals surface area contributed by atoms with Gasteiger partial charge in [-0.05, 0) is 49.0 Å². The summed E-state index contributed by atoms with van der Waals surface area (Å²) in [7, 11) is -1.84. The van der Waals surface area contributed by atoms with Gasteiger partial charge in [0, 0.05) is 43.7 Å². The van der Waals surface area contributed by atoms with E-state index in [9.17, 15) is 13.2 Å². The molecule has 0 spiro atoms. The molecule has 4 rings (SSSR count). The van der Waals surface area contributed by atoms with Crippen molar-refractivity contribution in [2.24, 2.45) is 0 Å². The lowest BCUT2D eigenvalue weighted by Gasteiger charge is -2.38. The standard InChI is InChI=1S/C29H41F3N4OSSi/c1-28(2,3)39(4,5)37-17-16-36(20-22-10-7-6-8-11-22)23-12-9-14-35(15-13-23)26-25-18-24(19-29(30,31)32)38-27(25)34-21-33-26/h6-8,10-11,18,21,23H,9,12-17,19-20H2,1-5H3. The predicted molar refractivity (Wildman–Crippen MR) is 157 cm³/mol. The van der Waals surface area contributed by atoms with E-state index >= 15 is 0 Å². The summed E-state index contributed by atoms with van der Waals surface area (Å²) in [5, 5.41) is 0.897. The Kier molecular flexibility index (Phi) is 9.40. The number of hydrogen-bond acceptors (Lipinski definition) is 6. The zero-order valence-corrected chi connectivity index (χ0v) is 25.5. The van der Waals surface area contributed by atoms with Gasteiger partial charge in [0.05, 0.1) is 11.8 Å². The van der Waals surface area contributed by atoms with Crippen molar-refractivity contribution in [3.05, 3.63) is 53.2 Å². The number of nitrogens with zero attached hydrogens (tertiary/aromatic N) is 4. The molecule has 1 atom stereocenters. The molecule has 1 aromatic carbocycles. The van der Waals surface area contributed by atoms with Crippen LogP contribution in [0.4, 0.5) is 19.0 Å². The van der Waals surface area contributed by atoms with E-state index < -0.39 is 20.9 Å². The fourth-order valence-electron chi connectivity index (χ4n) is 4.93. The molecule has 1 unspecified atom stereocenters. The van der Waals surface area contributed by atoms with E-state index in [4.69, 9.17) is 4.43 Å². The maximum atomic E-state index is 13.0. The molecule has 0 bridgehead atoms. The molecule has 0 saturated carbocycles. The fourth-order valence-corrected chi connectivity index (χ4v) is 6.98. The second-order valence-electron chi connectivity index (χ2n) is 12.1. The van der Waals surface area contributed by atoms with Gasteiger partial charge in [-0.3, -0.25) is 4.90 Å². The Morgan fingerprint density at radius 2 is 1.82 bits per heavy atom. The summed E-state index contributed by atoms with van der Waals surface area (Å²) in [4.78, 5) is 14.5. The molecule has 0 radical (unpaired) electrons. The van der Waals surface area contributed by atoms with Crippen LogP contribution in [0.15, 0.2) is 42.7 Å². The normalized spacial score (nSPS) is 17.7. The summed E-state index contributed by atoms with van der Waals surface area (Å²) >= 11 is 1.11. The number of alkyl halides is 3. The zero-order chi connectivity index (χ0) is 28.3. The highest BCUT2D eigenvalue weighted by atomic mass is 32.1. The number of thiophene rings is 1. The first-order chi connectivity index (χ1) is 18.3. The Morgan fingerprint density at radius 1 is 1.08 bits per heavy atom. The first kappa shape index (κ1) is 30.0. The molecule has 214 valence electrons. The lowest BCUT2D eigenvalue weighted by molar-refractivity contribution is -0.126. The third-order valence-electron chi connectivity index (χ3n) is 8.12. The Hall–Kier alpha value is -2.01. The molecular weight excluding hydrogens is 537 g/mol. The molecule has 39 heavy (non-hydrogen) atoms. The van der Waals surface area contributed by atoms with Crippen LogP contribution in [0.25, 0.3) is 10.2 Å². The molecule has 0 N–H and O–H groups in total. The summed E-state index contributed by atoms with van der Waals surface area (Å²) in [5.41, 5.74) is 1.29. The molecule has 5 nitrogen and oxygen atoms in total. The fraction of sp³-hybridized carbons (Fsp3) is 0.586. The van der Waals surface area contributed by atoms with Gasteiger partial charge in [-0.2, -0.15) is 13.2 Å². The van der Waals surface area contributed by atoms with E-state index in [-0.39, 0.29) is 9.92 Å². The molecule has 0 amide bonds. The van der Waals surface area contributed by atoms with Gasteiger partial charge in [0.1, 0.15) is 17.0 Å². The monoisotopic (exact) mass is 578 g/mol. The summed E-state index contributed by atoms with van der Waals surface area (Å²) in [6.45, 7) is 15.5. The van der Waals surface area contributed by atoms with Gasteiger partial charge in [-0.15, -0.1) is 11.3 Å². The Bertz CT molecular complexity index is 1210. The third kappa shape index (κ3) is 8.02. The predicted octanol–water partition coefficient (Wildman–Crippen LogP) is 7.68. The van der Waals surface area contributed by atoms with Crippen LogP contribution in [0, 0.1) is 0 Å². The Balaban J connectivity index is 1.48. The number of benzene rings is 1. The molecule has 10 heteroatoms. The number of fused-ring (bicyclic) bond motifs is 1. The van der Waals surface area contributed by atoms with Gasteiger partial charge in [0.25, 0.3) is 0 Å². The van der Waals surface area contributed by atoms with E-state index in [0.29, 0.717) is 17.5 Å². The summed E-state index contributed by atoms with van der Waals surface area (Å²) < 4.78 is 45.6. The lowest BCUT2D eigenvalue weighted by atomic mass is 10.1. The summed E-state index contributed by atoms with van der Waals surface area (Å²) in [6.07, 6.45) is -0.682. The number of aromatic nitrogens is 2. The van der Waals surface area contributed by atoms with Crippen molar-refractivity contribution in [2.75, 3.05) is 31.1 Å². The van der Waals surface area contributed by atoms with Gasteiger partial charge in [0.15, 0.2) is 8.32 Å². The summed E-state index contributed by atoms with van der Waals surface area (Å²) in [5.74, 6) is 0.751. The van der Waals surface area contributed by atoms with Crippen LogP contribution in [0.3, 0.4) is 0 Å². The maximum absolute atomic E-state index is 13.0. The van der Waals surface area contributed by atoms with Crippen molar-refractivity contribution in [2.45, 2.75) is 83.3 Å². The van der Waals surface area contributed by atoms with Crippen molar-refractivity contribution >= 4 is 35.7 Å². The molecule has 1 fully saturated rings. The first-order valence-electron chi connectivity index (χ1n) is 13.8. The smallest absolute Gasteiger partial charge is 0.393 e. The van der Waals surface area contributed by atoms with Crippen molar-refractivity contribution in [1.82, 2.24) is 14.9 Å². The number of rotatable bonds is 9. The van der Waals surface area contributed by atoms with Crippen molar-refractivity contribution in [3.63, 3.8) is 0 Å². The zero-order valence-electron chi connectivity index (χ0n) is 23.7. The van der Waals surface area contributed by atoms with Gasteiger partial charge < -0.3 is 9.33 Å². The van der Waals surface area contributed by atoms with Gasteiger partial charge in [-0.25, -0.2) is 9.97 Å². The quantitative estimate of drug-likeness (QED) is 0.244. The van der Waals surface area contributed by atoms with Gasteiger partial charge >= 0.3 is 6.18 Å². The molecule has 3 heterocycles. The molecule has 1 aliphatic heterocycles. The van der Waals surface area contributed by atoms with Crippen LogP contribution in [-0.2, 0) is 17.4 Å². The van der Waals surface area contributed by atoms with Crippen molar-refractivity contribution < 1.29 is 17.6 Å². The van der Waals surface area contributed by atoms with Crippen LogP contribution in [0.5, 0.6) is 0 Å². The van der Waals surface area contributed by atoms with Crippen LogP contribution < -0.4 is 4.90 Å². The largest absolute Gasteiger partial charge is 0.416 e. The third-order valence-corrected chi connectivity index (χ3v) is 13.7. The Morgan fingerprint density at radius 3 is 2.51 bits per heavy atom. The van der Waals surface area contributed by atoms with E-state index in [0.717, 1.165) is 68.0 Å². The highest BCUT2D eigenvalue weighted by Crippen LogP contribution is 2.37. The molecule has 0 aliphatic carbocycles. The highest BCUT2D eigenvalue weighted by Gasteiger charge is 2.37. The topological polar surface area (TPSA) is 41.5 Å². The number of halogens is 3. The lowest BCUT2D eigenvalue weighted by Crippen LogP contribution is -2.44. The number of anilines is 1. The van der Waals surface area contributed by atoms with Crippen molar-refractivity contribution in [3.8, 4) is 0 Å². The SMILES string of the molecule is CC(C)(C)[Si](C)(C)OCCN(Cc1ccccc1)C1CCCN(c2ncnc3sc(CC(F)(F)F)cc23)CC1. The van der Waals surface area contributed by atoms with E-state index in [1.165, 1.54) is 11.9 Å². The van der Waals surface area contributed by atoms with Gasteiger partial charge in [-0.1, -0.05) is 51.1 Å². The van der Waals surface area contributed by atoms with Gasteiger partial charge in [0.2, 0.25) is 0 Å². The number of hydrogen-bond donors (Lipinski definition) is 0. The summed E-state index contributed by atoms with van der Waals surface area (Å²) in [6, 6.07) is 12.6. The molecule has 3 aromatic rings. The van der Waals surface area contributed by atoms with Crippen molar-refractivity contribution in [1.29, 1.82) is 0 Å². The van der Waals surface area contributed by atoms with Crippen LogP contribution in [0.1, 0.15) is 50.5 Å². The minimum Gasteiger partial charge on any atom is -0.416 e. The molecule has 1 saturated heterocycles. The van der Waals surface area contributed by atoms with Crippen LogP contribution in [0.2, 0.25) is 18.1 Å². The molecular formula is C29H41F3N4OSSi. The average Bonchev–Trinajstić information content (AvgIpc) is 3.08. The minimum absolute atomic E-state index is 0.171. The second kappa shape index (κ2) is 12.2. The average molecular weight is 579 g/mol. The second-order valence-corrected chi connectivity index (χ2v) is 18.0. The van der Waals surface area contributed by atoms with E-state index in [1.54, 1.807) is 6.07 Å². The Labute approximate surface area is 235 Å². The molecule has 1 aliphatic rings. The maximum Gasteiger partial charge on any atom is 0.393 e. The van der Waals surface area contributed by atoms with Crippen LogP contribution >= 0.6 is 11.3 Å². The van der Waals surface area contributed by atoms with E-state index in [2.05, 4.69) is 77.9 Å². The van der Waals surface area contributed by atoms with E-state index in [1.807, 2.05) is 6.07 Å². The highest BCUT2D eigenvalue weighted by molar-refractivity contribution is 7.18. The molecule has 2 aromatic heterocycles.